The van der Waals surface area contributed by atoms with Crippen molar-refractivity contribution in [2.75, 3.05) is 0 Å². The van der Waals surface area contributed by atoms with Gasteiger partial charge in [0.15, 0.2) is 0 Å². The Bertz CT molecular complexity index is 1050. The number of hydrogen-bond acceptors (Lipinski definition) is 4. The number of nitrogens with zero attached hydrogens (tertiary/aromatic N) is 3. The lowest BCUT2D eigenvalue weighted by atomic mass is 9.45. The molecule has 1 aromatic carbocycles. The van der Waals surface area contributed by atoms with E-state index in [2.05, 4.69) is 23.9 Å². The Labute approximate surface area is 198 Å². The highest BCUT2D eigenvalue weighted by atomic mass is 32.2. The van der Waals surface area contributed by atoms with Crippen molar-refractivity contribution in [1.82, 2.24) is 0 Å². The zero-order valence-corrected chi connectivity index (χ0v) is 20.9. The summed E-state index contributed by atoms with van der Waals surface area (Å²) >= 11 is 0. The van der Waals surface area contributed by atoms with Crippen LogP contribution >= 0.6 is 0 Å². The smallest absolute Gasteiger partial charge is 0.262 e. The van der Waals surface area contributed by atoms with Gasteiger partial charge in [0, 0.05) is 11.0 Å². The zero-order valence-electron chi connectivity index (χ0n) is 20.1. The lowest BCUT2D eigenvalue weighted by Gasteiger charge is -2.60. The van der Waals surface area contributed by atoms with Crippen molar-refractivity contribution in [1.29, 1.82) is 0 Å². The van der Waals surface area contributed by atoms with Crippen molar-refractivity contribution < 1.29 is 12.6 Å². The molecule has 4 aliphatic carbocycles. The van der Waals surface area contributed by atoms with E-state index in [4.69, 9.17) is 9.71 Å². The van der Waals surface area contributed by atoms with Crippen LogP contribution in [0, 0.1) is 41.4 Å². The zero-order chi connectivity index (χ0) is 23.4. The average Bonchev–Trinajstić information content (AvgIpc) is 3.10. The second kappa shape index (κ2) is 8.28. The van der Waals surface area contributed by atoms with E-state index in [9.17, 15) is 8.42 Å². The highest BCUT2D eigenvalue weighted by Crippen LogP contribution is 2.66. The van der Waals surface area contributed by atoms with Crippen molar-refractivity contribution in [3.05, 3.63) is 40.3 Å². The molecular formula is C26H37N3O3S. The molecule has 4 aliphatic rings. The van der Waals surface area contributed by atoms with Gasteiger partial charge in [-0.25, -0.2) is 0 Å². The maximum Gasteiger partial charge on any atom is 0.297 e. The van der Waals surface area contributed by atoms with Crippen LogP contribution in [0.3, 0.4) is 0 Å². The molecule has 8 atom stereocenters. The van der Waals surface area contributed by atoms with Crippen molar-refractivity contribution in [3.63, 3.8) is 0 Å². The molecule has 0 bridgehead atoms. The van der Waals surface area contributed by atoms with Gasteiger partial charge >= 0.3 is 0 Å². The van der Waals surface area contributed by atoms with Gasteiger partial charge in [-0.05, 0) is 117 Å². The number of benzene rings is 1. The first-order valence-electron chi connectivity index (χ1n) is 12.7. The third-order valence-electron chi connectivity index (χ3n) is 10.3. The molecule has 4 fully saturated rings. The summed E-state index contributed by atoms with van der Waals surface area (Å²) in [6, 6.07) is 7.14. The Balaban J connectivity index is 1.34. The summed E-state index contributed by atoms with van der Waals surface area (Å²) in [5.41, 5.74) is 10.2. The number of azide groups is 1. The van der Waals surface area contributed by atoms with Gasteiger partial charge in [0.25, 0.3) is 10.1 Å². The molecule has 0 aliphatic heterocycles. The molecule has 180 valence electrons. The Morgan fingerprint density at radius 1 is 0.970 bits per heavy atom. The van der Waals surface area contributed by atoms with Crippen LogP contribution < -0.4 is 0 Å². The second-order valence-corrected chi connectivity index (χ2v) is 13.3. The largest absolute Gasteiger partial charge is 0.297 e. The SMILES string of the molecule is Cc1ccc(S(=O)(=O)O[C@@H]2CC[C@H]3[C@@H]4CC[C@H]5C[C@H](N=[N+]=[N-])CC[C@]5(C)[C@H]4CC[C@]23C)cc1. The summed E-state index contributed by atoms with van der Waals surface area (Å²) in [4.78, 5) is 3.34. The topological polar surface area (TPSA) is 92.1 Å². The monoisotopic (exact) mass is 471 g/mol. The summed E-state index contributed by atoms with van der Waals surface area (Å²) in [6.45, 7) is 6.74. The van der Waals surface area contributed by atoms with Crippen molar-refractivity contribution in [3.8, 4) is 0 Å². The predicted molar refractivity (Wildman–Crippen MR) is 128 cm³/mol. The minimum atomic E-state index is -3.76. The molecule has 0 N–H and O–H groups in total. The van der Waals surface area contributed by atoms with Crippen LogP contribution in [0.15, 0.2) is 34.3 Å². The number of rotatable bonds is 4. The normalized spacial score (nSPS) is 42.5. The van der Waals surface area contributed by atoms with Crippen LogP contribution in [-0.2, 0) is 14.3 Å². The van der Waals surface area contributed by atoms with Gasteiger partial charge in [-0.2, -0.15) is 8.42 Å². The molecule has 0 spiro atoms. The van der Waals surface area contributed by atoms with Gasteiger partial charge in [0.2, 0.25) is 0 Å². The molecule has 0 saturated heterocycles. The average molecular weight is 472 g/mol. The van der Waals surface area contributed by atoms with Crippen LogP contribution in [0.1, 0.15) is 77.2 Å². The first-order valence-corrected chi connectivity index (χ1v) is 14.1. The molecule has 0 amide bonds. The van der Waals surface area contributed by atoms with Crippen LogP contribution in [0.4, 0.5) is 0 Å². The molecular weight excluding hydrogens is 434 g/mol. The van der Waals surface area contributed by atoms with Crippen LogP contribution in [0.5, 0.6) is 0 Å². The van der Waals surface area contributed by atoms with E-state index in [0.29, 0.717) is 29.1 Å². The maximum atomic E-state index is 13.1. The lowest BCUT2D eigenvalue weighted by molar-refractivity contribution is -0.119. The van der Waals surface area contributed by atoms with Crippen LogP contribution in [0.2, 0.25) is 0 Å². The van der Waals surface area contributed by atoms with Crippen LogP contribution in [-0.4, -0.2) is 20.6 Å². The van der Waals surface area contributed by atoms with Gasteiger partial charge in [0.1, 0.15) is 0 Å². The maximum absolute atomic E-state index is 13.1. The molecule has 0 unspecified atom stereocenters. The molecule has 33 heavy (non-hydrogen) atoms. The summed E-state index contributed by atoms with van der Waals surface area (Å²) in [5.74, 6) is 2.51. The van der Waals surface area contributed by atoms with E-state index < -0.39 is 10.1 Å². The number of fused-ring (bicyclic) bond motifs is 5. The first kappa shape index (κ1) is 23.2. The molecule has 4 saturated carbocycles. The van der Waals surface area contributed by atoms with Crippen molar-refractivity contribution in [2.45, 2.75) is 95.6 Å². The molecule has 0 radical (unpaired) electrons. The van der Waals surface area contributed by atoms with E-state index in [0.717, 1.165) is 50.5 Å². The Kier molecular flexibility index (Phi) is 5.82. The summed E-state index contributed by atoms with van der Waals surface area (Å²) in [6.07, 6.45) is 9.45. The molecule has 6 nitrogen and oxygen atoms in total. The third kappa shape index (κ3) is 3.81. The first-order chi connectivity index (χ1) is 15.7. The van der Waals surface area contributed by atoms with Crippen molar-refractivity contribution >= 4 is 10.1 Å². The molecule has 7 heteroatoms. The summed E-state index contributed by atoms with van der Waals surface area (Å²) in [7, 11) is -3.76. The van der Waals surface area contributed by atoms with Gasteiger partial charge in [0.05, 0.1) is 11.0 Å². The quantitative estimate of drug-likeness (QED) is 0.209. The van der Waals surface area contributed by atoms with Gasteiger partial charge in [-0.1, -0.05) is 36.7 Å². The fourth-order valence-corrected chi connectivity index (χ4v) is 9.64. The number of aryl methyl sites for hydroxylation is 1. The Hall–Kier alpha value is -1.56. The predicted octanol–water partition coefficient (Wildman–Crippen LogP) is 6.79. The Morgan fingerprint density at radius 3 is 2.39 bits per heavy atom. The fourth-order valence-electron chi connectivity index (χ4n) is 8.44. The van der Waals surface area contributed by atoms with Gasteiger partial charge in [-0.3, -0.25) is 4.18 Å². The molecule has 0 aromatic heterocycles. The summed E-state index contributed by atoms with van der Waals surface area (Å²) in [5, 5.41) is 4.05. The van der Waals surface area contributed by atoms with E-state index in [1.165, 1.54) is 12.8 Å². The minimum absolute atomic E-state index is 0.0789. The molecule has 1 aromatic rings. The fraction of sp³-hybridized carbons (Fsp3) is 0.769. The summed E-state index contributed by atoms with van der Waals surface area (Å²) < 4.78 is 32.1. The number of hydrogen-bond donors (Lipinski definition) is 0. The van der Waals surface area contributed by atoms with E-state index in [1.54, 1.807) is 12.1 Å². The third-order valence-corrected chi connectivity index (χ3v) is 11.7. The van der Waals surface area contributed by atoms with Gasteiger partial charge in [-0.15, -0.1) is 0 Å². The molecule has 5 rings (SSSR count). The second-order valence-electron chi connectivity index (χ2n) is 11.8. The van der Waals surface area contributed by atoms with E-state index in [1.807, 2.05) is 19.1 Å². The standard InChI is InChI=1S/C26H37N3O3S/c1-17-4-7-20(8-5-17)33(30,31)32-24-11-10-22-21-9-6-18-16-19(28-29-27)12-14-25(18,2)23(21)13-15-26(22,24)3/h4-5,7-8,18-19,21-24H,6,9-16H2,1-3H3/t18-,19+,21-,22-,23-,24+,25-,26-/m0/s1. The van der Waals surface area contributed by atoms with E-state index >= 15 is 0 Å². The molecule has 0 heterocycles. The van der Waals surface area contributed by atoms with E-state index in [-0.39, 0.29) is 22.5 Å². The van der Waals surface area contributed by atoms with Crippen molar-refractivity contribution in [2.24, 2.45) is 39.6 Å². The lowest BCUT2D eigenvalue weighted by Crippen LogP contribution is -2.54. The highest BCUT2D eigenvalue weighted by molar-refractivity contribution is 7.86. The Morgan fingerprint density at radius 2 is 1.67 bits per heavy atom. The van der Waals surface area contributed by atoms with Crippen LogP contribution in [0.25, 0.3) is 10.4 Å². The minimum Gasteiger partial charge on any atom is -0.262 e. The van der Waals surface area contributed by atoms with Gasteiger partial charge < -0.3 is 0 Å². The highest BCUT2D eigenvalue weighted by Gasteiger charge is 2.61.